The van der Waals surface area contributed by atoms with Gasteiger partial charge in [-0.25, -0.2) is 0 Å². The molecule has 0 saturated carbocycles. The van der Waals surface area contributed by atoms with E-state index in [1.54, 1.807) is 0 Å². The lowest BCUT2D eigenvalue weighted by Crippen LogP contribution is -2.60. The van der Waals surface area contributed by atoms with Crippen LogP contribution in [0.25, 0.3) is 0 Å². The van der Waals surface area contributed by atoms with Crippen molar-refractivity contribution in [1.29, 1.82) is 0 Å². The number of carbonyl (C=O) groups is 1. The maximum absolute atomic E-state index is 13.0. The summed E-state index contributed by atoms with van der Waals surface area (Å²) in [5.41, 5.74) is 0. The molecule has 0 spiro atoms. The van der Waals surface area contributed by atoms with Gasteiger partial charge in [0.15, 0.2) is 6.29 Å². The van der Waals surface area contributed by atoms with Gasteiger partial charge < -0.3 is 50.5 Å². The molecule has 0 bridgehead atoms. The number of amides is 1. The summed E-state index contributed by atoms with van der Waals surface area (Å²) < 4.78 is 11.0. The average molecular weight is 786 g/mol. The molecule has 324 valence electrons. The Hall–Kier alpha value is -1.41. The van der Waals surface area contributed by atoms with Gasteiger partial charge in [-0.3, -0.25) is 4.79 Å². The molecule has 0 aliphatic carbocycles. The number of nitrogens with one attached hydrogen (secondary N) is 1. The minimum Gasteiger partial charge on any atom is -0.394 e. The summed E-state index contributed by atoms with van der Waals surface area (Å²) in [5, 5.41) is 75.4. The zero-order valence-electron chi connectivity index (χ0n) is 34.7. The van der Waals surface area contributed by atoms with Gasteiger partial charge in [-0.1, -0.05) is 141 Å². The Balaban J connectivity index is 2.52. The number of hydrogen-bond donors (Lipinski definition) is 8. The van der Waals surface area contributed by atoms with Crippen molar-refractivity contribution < 1.29 is 50.0 Å². The van der Waals surface area contributed by atoms with Gasteiger partial charge in [0, 0.05) is 0 Å². The number of aliphatic hydroxyl groups excluding tert-OH is 7. The fraction of sp³-hybridized carbons (Fsp3) is 0.886. The van der Waals surface area contributed by atoms with Gasteiger partial charge in [-0.05, 0) is 64.2 Å². The van der Waals surface area contributed by atoms with E-state index in [1.807, 2.05) is 0 Å². The van der Waals surface area contributed by atoms with Crippen LogP contribution in [0, 0.1) is 0 Å². The second-order valence-corrected chi connectivity index (χ2v) is 15.8. The average Bonchev–Trinajstić information content (AvgIpc) is 3.18. The lowest BCUT2D eigenvalue weighted by Gasteiger charge is -2.40. The highest BCUT2D eigenvalue weighted by molar-refractivity contribution is 5.80. The molecule has 0 radical (unpaired) electrons. The highest BCUT2D eigenvalue weighted by atomic mass is 16.7. The van der Waals surface area contributed by atoms with Crippen molar-refractivity contribution in [3.63, 3.8) is 0 Å². The predicted octanol–water partition coefficient (Wildman–Crippen LogP) is 6.67. The van der Waals surface area contributed by atoms with Crippen molar-refractivity contribution in [2.24, 2.45) is 0 Å². The highest BCUT2D eigenvalue weighted by Crippen LogP contribution is 2.23. The third kappa shape index (κ3) is 24.9. The summed E-state index contributed by atoms with van der Waals surface area (Å²) in [7, 11) is 0. The molecule has 9 unspecified atom stereocenters. The Morgan fingerprint density at radius 1 is 0.618 bits per heavy atom. The Labute approximate surface area is 334 Å². The largest absolute Gasteiger partial charge is 0.394 e. The van der Waals surface area contributed by atoms with E-state index in [-0.39, 0.29) is 12.8 Å². The Morgan fingerprint density at radius 2 is 1.07 bits per heavy atom. The van der Waals surface area contributed by atoms with E-state index >= 15 is 0 Å². The summed E-state index contributed by atoms with van der Waals surface area (Å²) in [6.07, 6.45) is 25.1. The number of hydrogen-bond acceptors (Lipinski definition) is 10. The number of rotatable bonds is 36. The zero-order valence-corrected chi connectivity index (χ0v) is 34.7. The summed E-state index contributed by atoms with van der Waals surface area (Å²) >= 11 is 0. The van der Waals surface area contributed by atoms with Gasteiger partial charge in [0.25, 0.3) is 0 Å². The van der Waals surface area contributed by atoms with Crippen molar-refractivity contribution in [2.45, 2.75) is 236 Å². The van der Waals surface area contributed by atoms with E-state index in [2.05, 4.69) is 43.5 Å². The van der Waals surface area contributed by atoms with Gasteiger partial charge in [-0.15, -0.1) is 0 Å². The van der Waals surface area contributed by atoms with E-state index in [1.165, 1.54) is 89.9 Å². The third-order valence-corrected chi connectivity index (χ3v) is 10.7. The first-order valence-corrected chi connectivity index (χ1v) is 22.2. The lowest BCUT2D eigenvalue weighted by atomic mass is 9.98. The fourth-order valence-electron chi connectivity index (χ4n) is 6.96. The number of aliphatic hydroxyl groups is 7. The second-order valence-electron chi connectivity index (χ2n) is 15.8. The number of allylic oxidation sites excluding steroid dienone is 4. The summed E-state index contributed by atoms with van der Waals surface area (Å²) in [6.45, 7) is 3.39. The van der Waals surface area contributed by atoms with Crippen LogP contribution in [0.4, 0.5) is 0 Å². The maximum Gasteiger partial charge on any atom is 0.249 e. The molecule has 55 heavy (non-hydrogen) atoms. The van der Waals surface area contributed by atoms with Crippen LogP contribution in [0.5, 0.6) is 0 Å². The van der Waals surface area contributed by atoms with Crippen LogP contribution >= 0.6 is 0 Å². The number of unbranched alkanes of at least 4 members (excludes halogenated alkanes) is 20. The van der Waals surface area contributed by atoms with Crippen LogP contribution in [-0.4, -0.2) is 110 Å². The molecule has 9 atom stereocenters. The van der Waals surface area contributed by atoms with E-state index in [0.717, 1.165) is 51.4 Å². The standard InChI is InChI=1S/C44H83NO10/c1-3-5-7-9-11-13-15-17-18-20-22-24-26-28-30-32-37(48)43(53)45-35(34-54-44-42(52)41(51)40(50)38(33-46)55-44)39(49)36(47)31-29-27-25-23-21-19-16-14-12-10-8-6-4-2/h18,20,23,25,35-42,44,46-52H,3-17,19,21-22,24,26-34H2,1-2H3,(H,45,53)/b20-18-,25-23+. The first-order chi connectivity index (χ1) is 26.7. The fourth-order valence-corrected chi connectivity index (χ4v) is 6.96. The van der Waals surface area contributed by atoms with Gasteiger partial charge in [0.1, 0.15) is 36.6 Å². The van der Waals surface area contributed by atoms with Crippen LogP contribution in [0.2, 0.25) is 0 Å². The molecule has 1 fully saturated rings. The van der Waals surface area contributed by atoms with Crippen LogP contribution < -0.4 is 5.32 Å². The lowest BCUT2D eigenvalue weighted by molar-refractivity contribution is -0.303. The van der Waals surface area contributed by atoms with Gasteiger partial charge in [0.2, 0.25) is 5.91 Å². The van der Waals surface area contributed by atoms with Crippen molar-refractivity contribution in [3.8, 4) is 0 Å². The van der Waals surface area contributed by atoms with Gasteiger partial charge in [-0.2, -0.15) is 0 Å². The van der Waals surface area contributed by atoms with Crippen LogP contribution in [0.1, 0.15) is 181 Å². The SMILES string of the molecule is CCCCCCCCC/C=C\CCCCCCC(O)C(=O)NC(COC1OC(CO)C(O)C(O)C1O)C(O)C(O)CCC/C=C/CCCCCCCCCC. The van der Waals surface area contributed by atoms with E-state index in [4.69, 9.17) is 9.47 Å². The summed E-state index contributed by atoms with van der Waals surface area (Å²) in [4.78, 5) is 13.0. The topological polar surface area (TPSA) is 189 Å². The van der Waals surface area contributed by atoms with Crippen LogP contribution in [0.3, 0.4) is 0 Å². The van der Waals surface area contributed by atoms with E-state index in [9.17, 15) is 40.5 Å². The molecule has 1 aliphatic rings. The number of carbonyl (C=O) groups excluding carboxylic acids is 1. The molecule has 11 heteroatoms. The molecule has 1 amide bonds. The van der Waals surface area contributed by atoms with E-state index < -0.39 is 74.2 Å². The highest BCUT2D eigenvalue weighted by Gasteiger charge is 2.44. The molecule has 0 aromatic rings. The normalized spacial score (nSPS) is 22.7. The molecule has 8 N–H and O–H groups in total. The summed E-state index contributed by atoms with van der Waals surface area (Å²) in [6, 6.07) is -1.19. The molecule has 1 aliphatic heterocycles. The minimum absolute atomic E-state index is 0.240. The monoisotopic (exact) mass is 786 g/mol. The minimum atomic E-state index is -1.67. The Kier molecular flexibility index (Phi) is 32.5. The second kappa shape index (κ2) is 34.6. The molecular formula is C44H83NO10. The zero-order chi connectivity index (χ0) is 40.5. The smallest absolute Gasteiger partial charge is 0.249 e. The van der Waals surface area contributed by atoms with Crippen LogP contribution in [-0.2, 0) is 14.3 Å². The molecule has 11 nitrogen and oxygen atoms in total. The summed E-state index contributed by atoms with van der Waals surface area (Å²) in [5.74, 6) is -0.717. The van der Waals surface area contributed by atoms with Crippen molar-refractivity contribution >= 4 is 5.91 Å². The third-order valence-electron chi connectivity index (χ3n) is 10.7. The van der Waals surface area contributed by atoms with Crippen molar-refractivity contribution in [3.05, 3.63) is 24.3 Å². The molecule has 1 heterocycles. The van der Waals surface area contributed by atoms with Gasteiger partial charge >= 0.3 is 0 Å². The molecule has 1 rings (SSSR count). The quantitative estimate of drug-likeness (QED) is 0.0252. The van der Waals surface area contributed by atoms with E-state index in [0.29, 0.717) is 12.8 Å². The van der Waals surface area contributed by atoms with Crippen molar-refractivity contribution in [1.82, 2.24) is 5.32 Å². The maximum atomic E-state index is 13.0. The number of ether oxygens (including phenoxy) is 2. The molecule has 0 aromatic carbocycles. The van der Waals surface area contributed by atoms with Crippen molar-refractivity contribution in [2.75, 3.05) is 13.2 Å². The predicted molar refractivity (Wildman–Crippen MR) is 219 cm³/mol. The van der Waals surface area contributed by atoms with Crippen LogP contribution in [0.15, 0.2) is 24.3 Å². The Bertz CT molecular complexity index is 950. The van der Waals surface area contributed by atoms with Gasteiger partial charge in [0.05, 0.1) is 25.4 Å². The first kappa shape index (κ1) is 51.6. The molecule has 1 saturated heterocycles. The molecule has 0 aromatic heterocycles. The Morgan fingerprint density at radius 3 is 1.56 bits per heavy atom. The molecular weight excluding hydrogens is 702 g/mol. The first-order valence-electron chi connectivity index (χ1n) is 22.2.